The number of nitrogens with zero attached hydrogens (tertiary/aromatic N) is 1. The van der Waals surface area contributed by atoms with E-state index in [-0.39, 0.29) is 14.5 Å². The fourth-order valence-corrected chi connectivity index (χ4v) is 5.43. The summed E-state index contributed by atoms with van der Waals surface area (Å²) in [5.74, 6) is -0.574. The van der Waals surface area contributed by atoms with Gasteiger partial charge >= 0.3 is 5.97 Å². The zero-order chi connectivity index (χ0) is 15.8. The molecule has 5 nitrogen and oxygen atoms in total. The lowest BCUT2D eigenvalue weighted by molar-refractivity contribution is 0.0702. The van der Waals surface area contributed by atoms with Gasteiger partial charge in [-0.3, -0.25) is 0 Å². The summed E-state index contributed by atoms with van der Waals surface area (Å²) in [5, 5.41) is 8.90. The molecule has 1 aromatic rings. The van der Waals surface area contributed by atoms with Crippen molar-refractivity contribution in [1.29, 1.82) is 0 Å². The van der Waals surface area contributed by atoms with Crippen molar-refractivity contribution in [2.45, 2.75) is 37.8 Å². The number of piperidine rings is 1. The first-order valence-electron chi connectivity index (χ1n) is 6.95. The standard InChI is InChI=1S/C14H21NO4S2/c1-14(2,3)10-6-8-15(9-7-10)21(18,19)12-5-4-11(20-12)13(16)17/h4-5,10H,6-9H2,1-3H3,(H,16,17). The number of carboxylic acids is 1. The van der Waals surface area contributed by atoms with Crippen molar-refractivity contribution in [3.63, 3.8) is 0 Å². The molecule has 1 aliphatic heterocycles. The second-order valence-corrected chi connectivity index (χ2v) is 9.72. The maximum atomic E-state index is 12.5. The largest absolute Gasteiger partial charge is 0.477 e. The quantitative estimate of drug-likeness (QED) is 0.924. The summed E-state index contributed by atoms with van der Waals surface area (Å²) in [6, 6.07) is 2.74. The normalized spacial score (nSPS) is 18.8. The molecule has 118 valence electrons. The maximum absolute atomic E-state index is 12.5. The van der Waals surface area contributed by atoms with E-state index in [1.807, 2.05) is 0 Å². The molecule has 1 saturated heterocycles. The first-order chi connectivity index (χ1) is 9.62. The zero-order valence-electron chi connectivity index (χ0n) is 12.5. The van der Waals surface area contributed by atoms with Crippen LogP contribution in [0.25, 0.3) is 0 Å². The number of hydrogen-bond acceptors (Lipinski definition) is 4. The van der Waals surface area contributed by atoms with E-state index < -0.39 is 16.0 Å². The van der Waals surface area contributed by atoms with Gasteiger partial charge in [-0.15, -0.1) is 11.3 Å². The molecule has 7 heteroatoms. The van der Waals surface area contributed by atoms with Crippen LogP contribution in [0.3, 0.4) is 0 Å². The molecule has 0 saturated carbocycles. The van der Waals surface area contributed by atoms with Gasteiger partial charge in [-0.05, 0) is 36.3 Å². The minimum Gasteiger partial charge on any atom is -0.477 e. The lowest BCUT2D eigenvalue weighted by atomic mass is 9.76. The molecule has 2 heterocycles. The number of carboxylic acid groups (broad SMARTS) is 1. The van der Waals surface area contributed by atoms with Crippen molar-refractivity contribution >= 4 is 27.3 Å². The summed E-state index contributed by atoms with van der Waals surface area (Å²) >= 11 is 0.819. The van der Waals surface area contributed by atoms with E-state index in [1.165, 1.54) is 16.4 Å². The molecule has 0 spiro atoms. The SMILES string of the molecule is CC(C)(C)C1CCN(S(=O)(=O)c2ccc(C(=O)O)s2)CC1. The van der Waals surface area contributed by atoms with E-state index in [4.69, 9.17) is 5.11 Å². The lowest BCUT2D eigenvalue weighted by Crippen LogP contribution is -2.41. The molecule has 0 unspecified atom stereocenters. The van der Waals surface area contributed by atoms with Crippen LogP contribution >= 0.6 is 11.3 Å². The Labute approximate surface area is 129 Å². The Morgan fingerprint density at radius 2 is 1.86 bits per heavy atom. The topological polar surface area (TPSA) is 74.7 Å². The molecule has 2 rings (SSSR count). The Bertz CT molecular complexity index is 620. The summed E-state index contributed by atoms with van der Waals surface area (Å²) < 4.78 is 26.6. The summed E-state index contributed by atoms with van der Waals surface area (Å²) in [6.07, 6.45) is 1.69. The average molecular weight is 331 g/mol. The van der Waals surface area contributed by atoms with E-state index >= 15 is 0 Å². The maximum Gasteiger partial charge on any atom is 0.345 e. The monoisotopic (exact) mass is 331 g/mol. The van der Waals surface area contributed by atoms with Crippen molar-refractivity contribution in [3.8, 4) is 0 Å². The van der Waals surface area contributed by atoms with Crippen LogP contribution in [0.4, 0.5) is 0 Å². The van der Waals surface area contributed by atoms with Gasteiger partial charge in [-0.25, -0.2) is 13.2 Å². The van der Waals surface area contributed by atoms with E-state index in [2.05, 4.69) is 20.8 Å². The van der Waals surface area contributed by atoms with Crippen LogP contribution in [-0.4, -0.2) is 36.9 Å². The summed E-state index contributed by atoms with van der Waals surface area (Å²) in [4.78, 5) is 10.9. The van der Waals surface area contributed by atoms with Crippen LogP contribution in [0.2, 0.25) is 0 Å². The van der Waals surface area contributed by atoms with Gasteiger partial charge in [-0.1, -0.05) is 20.8 Å². The van der Waals surface area contributed by atoms with E-state index in [9.17, 15) is 13.2 Å². The second-order valence-electron chi connectivity index (χ2n) is 6.47. The van der Waals surface area contributed by atoms with Crippen molar-refractivity contribution in [1.82, 2.24) is 4.31 Å². The highest BCUT2D eigenvalue weighted by Crippen LogP contribution is 2.36. The summed E-state index contributed by atoms with van der Waals surface area (Å²) in [6.45, 7) is 7.55. The number of thiophene rings is 1. The third kappa shape index (κ3) is 3.46. The Morgan fingerprint density at radius 3 is 2.29 bits per heavy atom. The van der Waals surface area contributed by atoms with Crippen LogP contribution in [-0.2, 0) is 10.0 Å². The van der Waals surface area contributed by atoms with Crippen LogP contribution < -0.4 is 0 Å². The van der Waals surface area contributed by atoms with Gasteiger partial charge in [0, 0.05) is 13.1 Å². The van der Waals surface area contributed by atoms with Crippen molar-refractivity contribution in [3.05, 3.63) is 17.0 Å². The van der Waals surface area contributed by atoms with Gasteiger partial charge in [0.1, 0.15) is 9.09 Å². The molecule has 21 heavy (non-hydrogen) atoms. The highest BCUT2D eigenvalue weighted by Gasteiger charge is 2.34. The smallest absolute Gasteiger partial charge is 0.345 e. The molecule has 0 atom stereocenters. The number of sulfonamides is 1. The molecule has 1 aromatic heterocycles. The minimum atomic E-state index is -3.56. The lowest BCUT2D eigenvalue weighted by Gasteiger charge is -2.37. The molecule has 1 fully saturated rings. The first kappa shape index (κ1) is 16.5. The molecule has 1 aliphatic rings. The third-order valence-electron chi connectivity index (χ3n) is 4.06. The highest BCUT2D eigenvalue weighted by molar-refractivity contribution is 7.91. The van der Waals surface area contributed by atoms with Gasteiger partial charge in [0.15, 0.2) is 0 Å². The highest BCUT2D eigenvalue weighted by atomic mass is 32.2. The van der Waals surface area contributed by atoms with Crippen LogP contribution in [0.1, 0.15) is 43.3 Å². The van der Waals surface area contributed by atoms with Crippen LogP contribution in [0, 0.1) is 11.3 Å². The molecule has 1 N–H and O–H groups in total. The van der Waals surface area contributed by atoms with Crippen molar-refractivity contribution < 1.29 is 18.3 Å². The second kappa shape index (κ2) is 5.70. The van der Waals surface area contributed by atoms with E-state index in [0.29, 0.717) is 19.0 Å². The third-order valence-corrected chi connectivity index (χ3v) is 7.50. The van der Waals surface area contributed by atoms with Crippen LogP contribution in [0.15, 0.2) is 16.3 Å². The molecule has 0 bridgehead atoms. The average Bonchev–Trinajstić information content (AvgIpc) is 2.88. The summed E-state index contributed by atoms with van der Waals surface area (Å²) in [5.41, 5.74) is 0.190. The number of carbonyl (C=O) groups is 1. The predicted molar refractivity (Wildman–Crippen MR) is 82.2 cm³/mol. The first-order valence-corrected chi connectivity index (χ1v) is 9.21. The van der Waals surface area contributed by atoms with Gasteiger partial charge in [-0.2, -0.15) is 4.31 Å². The number of hydrogen-bond donors (Lipinski definition) is 1. The van der Waals surface area contributed by atoms with Gasteiger partial charge in [0.25, 0.3) is 10.0 Å². The Kier molecular flexibility index (Phi) is 4.46. The van der Waals surface area contributed by atoms with Crippen LogP contribution in [0.5, 0.6) is 0 Å². The fourth-order valence-electron chi connectivity index (χ4n) is 2.66. The molecule has 0 radical (unpaired) electrons. The van der Waals surface area contributed by atoms with Crippen molar-refractivity contribution in [2.24, 2.45) is 11.3 Å². The van der Waals surface area contributed by atoms with Gasteiger partial charge < -0.3 is 5.11 Å². The fraction of sp³-hybridized carbons (Fsp3) is 0.643. The minimum absolute atomic E-state index is 0.0538. The Balaban J connectivity index is 2.13. The van der Waals surface area contributed by atoms with Crippen molar-refractivity contribution in [2.75, 3.05) is 13.1 Å². The number of rotatable bonds is 3. The van der Waals surface area contributed by atoms with E-state index in [0.717, 1.165) is 24.2 Å². The molecule has 0 amide bonds. The van der Waals surface area contributed by atoms with Gasteiger partial charge in [0.05, 0.1) is 0 Å². The molecule has 0 aromatic carbocycles. The van der Waals surface area contributed by atoms with E-state index in [1.54, 1.807) is 0 Å². The molecular formula is C14H21NO4S2. The number of aromatic carboxylic acids is 1. The zero-order valence-corrected chi connectivity index (χ0v) is 14.1. The Morgan fingerprint density at radius 1 is 1.29 bits per heavy atom. The molecule has 0 aliphatic carbocycles. The Hall–Kier alpha value is -0.920. The van der Waals surface area contributed by atoms with Gasteiger partial charge in [0.2, 0.25) is 0 Å². The molecular weight excluding hydrogens is 310 g/mol. The summed E-state index contributed by atoms with van der Waals surface area (Å²) in [7, 11) is -3.56. The predicted octanol–water partition coefficient (Wildman–Crippen LogP) is 2.89.